The fourth-order valence-electron chi connectivity index (χ4n) is 3.75. The number of sulfone groups is 1. The van der Waals surface area contributed by atoms with Gasteiger partial charge in [-0.3, -0.25) is 9.89 Å². The van der Waals surface area contributed by atoms with Crippen molar-refractivity contribution in [2.75, 3.05) is 18.6 Å². The van der Waals surface area contributed by atoms with Gasteiger partial charge in [-0.2, -0.15) is 5.10 Å². The lowest BCUT2D eigenvalue weighted by Gasteiger charge is -2.28. The predicted octanol–water partition coefficient (Wildman–Crippen LogP) is 3.07. The van der Waals surface area contributed by atoms with Crippen molar-refractivity contribution in [2.24, 2.45) is 5.92 Å². The van der Waals surface area contributed by atoms with Gasteiger partial charge in [0.05, 0.1) is 23.6 Å². The SMILES string of the molecule is Cc1cc([C@](C)(CS(C)(=O)=O)NC(=O)c2ccc(C3CC3)c(OCC3CC3)c2)n[nH]1. The second-order valence-corrected chi connectivity index (χ2v) is 11.2. The molecule has 0 spiro atoms. The van der Waals surface area contributed by atoms with Crippen LogP contribution in [-0.4, -0.2) is 43.1 Å². The molecule has 7 nitrogen and oxygen atoms in total. The third kappa shape index (κ3) is 5.03. The molecule has 2 aromatic rings. The maximum absolute atomic E-state index is 13.1. The maximum Gasteiger partial charge on any atom is 0.252 e. The van der Waals surface area contributed by atoms with E-state index in [1.165, 1.54) is 12.8 Å². The van der Waals surface area contributed by atoms with Crippen molar-refractivity contribution in [2.45, 2.75) is 51.0 Å². The highest BCUT2D eigenvalue weighted by Gasteiger charge is 2.36. The number of rotatable bonds is 9. The zero-order chi connectivity index (χ0) is 21.5. The monoisotopic (exact) mass is 431 g/mol. The van der Waals surface area contributed by atoms with E-state index in [9.17, 15) is 13.2 Å². The molecule has 2 aliphatic carbocycles. The van der Waals surface area contributed by atoms with E-state index >= 15 is 0 Å². The molecule has 0 unspecified atom stereocenters. The number of nitrogens with zero attached hydrogens (tertiary/aromatic N) is 1. The maximum atomic E-state index is 13.1. The fraction of sp³-hybridized carbons (Fsp3) is 0.545. The van der Waals surface area contributed by atoms with Gasteiger partial charge in [0.1, 0.15) is 15.6 Å². The average molecular weight is 432 g/mol. The Labute approximate surface area is 177 Å². The number of nitrogens with one attached hydrogen (secondary N) is 2. The Morgan fingerprint density at radius 3 is 2.57 bits per heavy atom. The zero-order valence-corrected chi connectivity index (χ0v) is 18.5. The zero-order valence-electron chi connectivity index (χ0n) is 17.7. The van der Waals surface area contributed by atoms with Gasteiger partial charge in [0.15, 0.2) is 0 Å². The smallest absolute Gasteiger partial charge is 0.252 e. The number of hydrogen-bond acceptors (Lipinski definition) is 5. The third-order valence-corrected chi connectivity index (χ3v) is 6.78. The van der Waals surface area contributed by atoms with Crippen LogP contribution in [-0.2, 0) is 15.4 Å². The Morgan fingerprint density at radius 2 is 2.00 bits per heavy atom. The van der Waals surface area contributed by atoms with Gasteiger partial charge in [-0.15, -0.1) is 0 Å². The van der Waals surface area contributed by atoms with E-state index in [1.807, 2.05) is 13.0 Å². The highest BCUT2D eigenvalue weighted by atomic mass is 32.2. The van der Waals surface area contributed by atoms with Crippen molar-refractivity contribution in [1.82, 2.24) is 15.5 Å². The van der Waals surface area contributed by atoms with Crippen LogP contribution in [0.15, 0.2) is 24.3 Å². The van der Waals surface area contributed by atoms with Gasteiger partial charge >= 0.3 is 0 Å². The molecule has 2 fully saturated rings. The molecule has 1 aromatic carbocycles. The lowest BCUT2D eigenvalue weighted by molar-refractivity contribution is 0.0911. The predicted molar refractivity (Wildman–Crippen MR) is 114 cm³/mol. The second kappa shape index (κ2) is 7.72. The number of benzene rings is 1. The molecule has 1 aromatic heterocycles. The molecule has 2 N–H and O–H groups in total. The van der Waals surface area contributed by atoms with Crippen molar-refractivity contribution in [3.63, 3.8) is 0 Å². The normalized spacial score (nSPS) is 18.6. The highest BCUT2D eigenvalue weighted by Crippen LogP contribution is 2.45. The number of carbonyl (C=O) groups excluding carboxylic acids is 1. The van der Waals surface area contributed by atoms with Crippen molar-refractivity contribution in [1.29, 1.82) is 0 Å². The molecule has 0 aliphatic heterocycles. The quantitative estimate of drug-likeness (QED) is 0.635. The van der Waals surface area contributed by atoms with Crippen LogP contribution in [0.5, 0.6) is 5.75 Å². The van der Waals surface area contributed by atoms with E-state index in [2.05, 4.69) is 15.5 Å². The van der Waals surface area contributed by atoms with Gasteiger partial charge < -0.3 is 10.1 Å². The summed E-state index contributed by atoms with van der Waals surface area (Å²) in [5.41, 5.74) is 1.74. The van der Waals surface area contributed by atoms with E-state index in [-0.39, 0.29) is 11.7 Å². The topological polar surface area (TPSA) is 101 Å². The van der Waals surface area contributed by atoms with Crippen LogP contribution < -0.4 is 10.1 Å². The molecule has 1 heterocycles. The van der Waals surface area contributed by atoms with Gasteiger partial charge in [0.2, 0.25) is 0 Å². The van der Waals surface area contributed by atoms with Gasteiger partial charge in [-0.25, -0.2) is 8.42 Å². The van der Waals surface area contributed by atoms with E-state index in [4.69, 9.17) is 4.74 Å². The molecule has 1 atom stereocenters. The van der Waals surface area contributed by atoms with Crippen LogP contribution in [0.3, 0.4) is 0 Å². The molecular weight excluding hydrogens is 402 g/mol. The van der Waals surface area contributed by atoms with Crippen LogP contribution in [0.2, 0.25) is 0 Å². The Kier molecular flexibility index (Phi) is 5.38. The fourth-order valence-corrected chi connectivity index (χ4v) is 5.02. The summed E-state index contributed by atoms with van der Waals surface area (Å²) < 4.78 is 30.2. The first-order chi connectivity index (χ1) is 14.1. The molecule has 2 aliphatic rings. The molecule has 8 heteroatoms. The molecule has 0 saturated heterocycles. The molecule has 30 heavy (non-hydrogen) atoms. The lowest BCUT2D eigenvalue weighted by Crippen LogP contribution is -2.48. The van der Waals surface area contributed by atoms with Crippen LogP contribution in [0.25, 0.3) is 0 Å². The van der Waals surface area contributed by atoms with Crippen LogP contribution in [0.1, 0.15) is 65.8 Å². The van der Waals surface area contributed by atoms with E-state index < -0.39 is 15.4 Å². The van der Waals surface area contributed by atoms with Gasteiger partial charge in [0.25, 0.3) is 5.91 Å². The molecule has 162 valence electrons. The van der Waals surface area contributed by atoms with Gasteiger partial charge in [-0.1, -0.05) is 6.07 Å². The number of hydrogen-bond donors (Lipinski definition) is 2. The van der Waals surface area contributed by atoms with Crippen LogP contribution >= 0.6 is 0 Å². The Hall–Kier alpha value is -2.35. The van der Waals surface area contributed by atoms with Gasteiger partial charge in [-0.05, 0) is 75.1 Å². The molecule has 1 amide bonds. The molecular formula is C22H29N3O4S. The summed E-state index contributed by atoms with van der Waals surface area (Å²) >= 11 is 0. The van der Waals surface area contributed by atoms with Crippen LogP contribution in [0, 0.1) is 12.8 Å². The average Bonchev–Trinajstić information content (AvgIpc) is 3.57. The summed E-state index contributed by atoms with van der Waals surface area (Å²) in [6.07, 6.45) is 5.86. The number of carbonyl (C=O) groups is 1. The van der Waals surface area contributed by atoms with Crippen molar-refractivity contribution in [3.8, 4) is 5.75 Å². The van der Waals surface area contributed by atoms with Gasteiger partial charge in [0, 0.05) is 17.5 Å². The number of H-pyrrole nitrogens is 1. The van der Waals surface area contributed by atoms with E-state index in [0.29, 0.717) is 29.7 Å². The first-order valence-electron chi connectivity index (χ1n) is 10.4. The summed E-state index contributed by atoms with van der Waals surface area (Å²) in [6, 6.07) is 7.32. The number of aromatic nitrogens is 2. The highest BCUT2D eigenvalue weighted by molar-refractivity contribution is 7.90. The van der Waals surface area contributed by atoms with Crippen molar-refractivity contribution >= 4 is 15.7 Å². The second-order valence-electron chi connectivity index (χ2n) is 9.07. The summed E-state index contributed by atoms with van der Waals surface area (Å²) in [4.78, 5) is 13.1. The minimum atomic E-state index is -3.37. The number of ether oxygens (including phenoxy) is 1. The largest absolute Gasteiger partial charge is 0.493 e. The van der Waals surface area contributed by atoms with Crippen LogP contribution in [0.4, 0.5) is 0 Å². The Balaban J connectivity index is 1.59. The number of aryl methyl sites for hydroxylation is 1. The van der Waals surface area contributed by atoms with Crippen molar-refractivity contribution in [3.05, 3.63) is 46.8 Å². The first-order valence-corrected chi connectivity index (χ1v) is 12.5. The molecule has 2 saturated carbocycles. The standard InChI is InChI=1S/C22H29N3O4S/c1-14-10-20(25-24-14)22(2,13-30(3,27)28)23-21(26)17-8-9-18(16-6-7-16)19(11-17)29-12-15-4-5-15/h8-11,15-16H,4-7,12-13H2,1-3H3,(H,23,26)(H,24,25)/t22-/m0/s1. The summed E-state index contributed by atoms with van der Waals surface area (Å²) in [5.74, 6) is 1.31. The van der Waals surface area contributed by atoms with E-state index in [1.54, 1.807) is 25.1 Å². The third-order valence-electron chi connectivity index (χ3n) is 5.68. The van der Waals surface area contributed by atoms with Crippen molar-refractivity contribution < 1.29 is 17.9 Å². The molecule has 0 bridgehead atoms. The Morgan fingerprint density at radius 1 is 1.27 bits per heavy atom. The van der Waals surface area contributed by atoms with E-state index in [0.717, 1.165) is 36.1 Å². The minimum absolute atomic E-state index is 0.249. The summed E-state index contributed by atoms with van der Waals surface area (Å²) in [6.45, 7) is 4.20. The summed E-state index contributed by atoms with van der Waals surface area (Å²) in [7, 11) is -3.37. The summed E-state index contributed by atoms with van der Waals surface area (Å²) in [5, 5.41) is 9.94. The molecule has 0 radical (unpaired) electrons. The first kappa shape index (κ1) is 20.9. The minimum Gasteiger partial charge on any atom is -0.493 e. The molecule has 4 rings (SSSR count). The lowest BCUT2D eigenvalue weighted by atomic mass is 9.98. The number of amides is 1. The Bertz CT molecular complexity index is 1050. The number of aromatic amines is 1.